The number of amides is 2. The maximum absolute atomic E-state index is 13.7. The van der Waals surface area contributed by atoms with Gasteiger partial charge in [-0.2, -0.15) is 0 Å². The fourth-order valence-electron chi connectivity index (χ4n) is 2.89. The highest BCUT2D eigenvalue weighted by Gasteiger charge is 2.21. The summed E-state index contributed by atoms with van der Waals surface area (Å²) in [7, 11) is 1.57. The van der Waals surface area contributed by atoms with Gasteiger partial charge in [-0.15, -0.1) is 0 Å². The minimum Gasteiger partial charge on any atom is -0.497 e. The molecule has 0 aliphatic carbocycles. The topological polar surface area (TPSA) is 117 Å². The summed E-state index contributed by atoms with van der Waals surface area (Å²) in [5.41, 5.74) is 5.72. The summed E-state index contributed by atoms with van der Waals surface area (Å²) in [6.45, 7) is 0. The number of nitrogens with one attached hydrogen (secondary N) is 1. The summed E-state index contributed by atoms with van der Waals surface area (Å²) < 4.78 is 29.7. The molecule has 0 saturated carbocycles. The predicted molar refractivity (Wildman–Crippen MR) is 110 cm³/mol. The average Bonchev–Trinajstić information content (AvgIpc) is 3.12. The molecule has 9 heteroatoms. The Labute approximate surface area is 175 Å². The van der Waals surface area contributed by atoms with Gasteiger partial charge in [-0.3, -0.25) is 9.59 Å². The normalized spacial score (nSPS) is 10.6. The molecule has 3 N–H and O–H groups in total. The van der Waals surface area contributed by atoms with Gasteiger partial charge < -0.3 is 24.9 Å². The van der Waals surface area contributed by atoms with E-state index >= 15 is 0 Å². The van der Waals surface area contributed by atoms with Crippen molar-refractivity contribution in [1.29, 1.82) is 0 Å². The highest BCUT2D eigenvalue weighted by atomic mass is 19.1. The van der Waals surface area contributed by atoms with Crippen molar-refractivity contribution in [3.63, 3.8) is 0 Å². The van der Waals surface area contributed by atoms with Crippen LogP contribution in [0.3, 0.4) is 0 Å². The zero-order valence-corrected chi connectivity index (χ0v) is 16.2. The van der Waals surface area contributed by atoms with Crippen molar-refractivity contribution in [3.8, 4) is 17.4 Å². The molecule has 0 atom stereocenters. The van der Waals surface area contributed by atoms with Gasteiger partial charge in [-0.05, 0) is 48.5 Å². The van der Waals surface area contributed by atoms with Gasteiger partial charge >= 0.3 is 0 Å². The van der Waals surface area contributed by atoms with E-state index in [0.717, 1.165) is 6.07 Å². The van der Waals surface area contributed by atoms with Gasteiger partial charge in [0.15, 0.2) is 0 Å². The quantitative estimate of drug-likeness (QED) is 0.484. The predicted octanol–water partition coefficient (Wildman–Crippen LogP) is 4.12. The number of furan rings is 1. The average molecular weight is 421 g/mol. The van der Waals surface area contributed by atoms with Crippen LogP contribution in [0.4, 0.5) is 10.1 Å². The van der Waals surface area contributed by atoms with E-state index in [-0.39, 0.29) is 33.9 Å². The summed E-state index contributed by atoms with van der Waals surface area (Å²) in [4.78, 5) is 28.5. The molecular formula is C22H16FN3O5. The molecule has 4 rings (SSSR count). The second-order valence-corrected chi connectivity index (χ2v) is 6.43. The fraction of sp³-hybridized carbons (Fsp3) is 0.0455. The number of hydrogen-bond acceptors (Lipinski definition) is 6. The van der Waals surface area contributed by atoms with Crippen LogP contribution in [0.25, 0.3) is 11.0 Å². The molecule has 2 aromatic carbocycles. The Kier molecular flexibility index (Phi) is 5.23. The maximum Gasteiger partial charge on any atom is 0.286 e. The van der Waals surface area contributed by atoms with E-state index in [9.17, 15) is 14.0 Å². The molecule has 0 aliphatic rings. The van der Waals surface area contributed by atoms with Crippen LogP contribution in [-0.4, -0.2) is 23.9 Å². The number of nitrogens with zero attached hydrogens (tertiary/aromatic N) is 1. The molecule has 2 aromatic heterocycles. The lowest BCUT2D eigenvalue weighted by atomic mass is 10.2. The van der Waals surface area contributed by atoms with Gasteiger partial charge in [0.05, 0.1) is 12.7 Å². The third kappa shape index (κ3) is 4.15. The Balaban J connectivity index is 1.54. The van der Waals surface area contributed by atoms with Crippen LogP contribution in [0, 0.1) is 5.82 Å². The van der Waals surface area contributed by atoms with Crippen LogP contribution < -0.4 is 20.5 Å². The van der Waals surface area contributed by atoms with Crippen LogP contribution in [0.2, 0.25) is 0 Å². The number of fused-ring (bicyclic) bond motifs is 1. The van der Waals surface area contributed by atoms with Gasteiger partial charge in [0, 0.05) is 17.6 Å². The molecule has 4 aromatic rings. The number of primary amides is 1. The molecular weight excluding hydrogens is 405 g/mol. The molecule has 0 aliphatic heterocycles. The minimum atomic E-state index is -0.895. The van der Waals surface area contributed by atoms with Gasteiger partial charge in [-0.25, -0.2) is 9.37 Å². The third-order valence-corrected chi connectivity index (χ3v) is 4.39. The summed E-state index contributed by atoms with van der Waals surface area (Å²) in [6.07, 6.45) is 1.31. The number of rotatable bonds is 6. The summed E-state index contributed by atoms with van der Waals surface area (Å²) >= 11 is 0. The Morgan fingerprint density at radius 3 is 2.45 bits per heavy atom. The molecule has 156 valence electrons. The molecule has 31 heavy (non-hydrogen) atoms. The number of nitrogens with two attached hydrogens (primary N) is 1. The van der Waals surface area contributed by atoms with Crippen LogP contribution in [0.1, 0.15) is 20.9 Å². The summed E-state index contributed by atoms with van der Waals surface area (Å²) in [6, 6.07) is 13.6. The van der Waals surface area contributed by atoms with Crippen molar-refractivity contribution < 1.29 is 27.9 Å². The first-order valence-electron chi connectivity index (χ1n) is 9.06. The first-order chi connectivity index (χ1) is 14.9. The molecule has 0 spiro atoms. The van der Waals surface area contributed by atoms with Crippen molar-refractivity contribution in [2.75, 3.05) is 12.4 Å². The lowest BCUT2D eigenvalue weighted by Crippen LogP contribution is -2.17. The molecule has 2 amide bonds. The second kappa shape index (κ2) is 8.15. The highest BCUT2D eigenvalue weighted by molar-refractivity contribution is 6.14. The number of aromatic nitrogens is 1. The number of carbonyl (C=O) groups is 2. The van der Waals surface area contributed by atoms with Crippen molar-refractivity contribution in [2.24, 2.45) is 5.73 Å². The lowest BCUT2D eigenvalue weighted by molar-refractivity contribution is 0.0977. The smallest absolute Gasteiger partial charge is 0.286 e. The standard InChI is InChI=1S/C22H16FN3O5/c1-29-14-4-6-15(7-5-14)30-18-9-2-12(11-25-18)22(28)26-19-16-10-13(23)3-8-17(16)31-20(19)21(24)27/h2-11H,1H3,(H2,24,27)(H,26,28). The highest BCUT2D eigenvalue weighted by Crippen LogP contribution is 2.32. The zero-order chi connectivity index (χ0) is 22.0. The maximum atomic E-state index is 13.7. The minimum absolute atomic E-state index is 0.00874. The van der Waals surface area contributed by atoms with E-state index in [2.05, 4.69) is 10.3 Å². The number of hydrogen-bond donors (Lipinski definition) is 2. The monoisotopic (exact) mass is 421 g/mol. The molecule has 8 nitrogen and oxygen atoms in total. The molecule has 2 heterocycles. The molecule has 0 fully saturated rings. The first kappa shape index (κ1) is 19.9. The van der Waals surface area contributed by atoms with Crippen molar-refractivity contribution in [2.45, 2.75) is 0 Å². The van der Waals surface area contributed by atoms with E-state index in [4.69, 9.17) is 19.6 Å². The Hall–Kier alpha value is -4.40. The summed E-state index contributed by atoms with van der Waals surface area (Å²) in [5, 5.41) is 2.76. The Morgan fingerprint density at radius 1 is 1.06 bits per heavy atom. The van der Waals surface area contributed by atoms with Crippen LogP contribution in [0.15, 0.2) is 65.2 Å². The number of halogens is 1. The van der Waals surface area contributed by atoms with Crippen molar-refractivity contribution in [1.82, 2.24) is 4.98 Å². The van der Waals surface area contributed by atoms with Gasteiger partial charge in [0.25, 0.3) is 11.8 Å². The Morgan fingerprint density at radius 2 is 1.81 bits per heavy atom. The zero-order valence-electron chi connectivity index (χ0n) is 16.2. The largest absolute Gasteiger partial charge is 0.497 e. The van der Waals surface area contributed by atoms with Gasteiger partial charge in [0.2, 0.25) is 11.6 Å². The van der Waals surface area contributed by atoms with Gasteiger partial charge in [0.1, 0.15) is 28.6 Å². The van der Waals surface area contributed by atoms with Crippen molar-refractivity contribution in [3.05, 3.63) is 77.9 Å². The molecule has 0 bridgehead atoms. The van der Waals surface area contributed by atoms with E-state index in [1.165, 1.54) is 30.5 Å². The number of pyridine rings is 1. The molecule has 0 unspecified atom stereocenters. The van der Waals surface area contributed by atoms with Crippen LogP contribution in [0.5, 0.6) is 17.4 Å². The number of ether oxygens (including phenoxy) is 2. The summed E-state index contributed by atoms with van der Waals surface area (Å²) in [5.74, 6) is -0.803. The second-order valence-electron chi connectivity index (χ2n) is 6.43. The van der Waals surface area contributed by atoms with Crippen molar-refractivity contribution >= 4 is 28.5 Å². The van der Waals surface area contributed by atoms with E-state index in [1.807, 2.05) is 0 Å². The molecule has 0 radical (unpaired) electrons. The van der Waals surface area contributed by atoms with Gasteiger partial charge in [-0.1, -0.05) is 0 Å². The number of anilines is 1. The lowest BCUT2D eigenvalue weighted by Gasteiger charge is -2.07. The van der Waals surface area contributed by atoms with Crippen LogP contribution >= 0.6 is 0 Å². The van der Waals surface area contributed by atoms with E-state index < -0.39 is 17.6 Å². The van der Waals surface area contributed by atoms with E-state index in [1.54, 1.807) is 31.4 Å². The van der Waals surface area contributed by atoms with Crippen LogP contribution in [-0.2, 0) is 0 Å². The third-order valence-electron chi connectivity index (χ3n) is 4.39. The molecule has 0 saturated heterocycles. The number of benzene rings is 2. The number of carbonyl (C=O) groups excluding carboxylic acids is 2. The SMILES string of the molecule is COc1ccc(Oc2ccc(C(=O)Nc3c(C(N)=O)oc4ccc(F)cc34)cn2)cc1. The first-order valence-corrected chi connectivity index (χ1v) is 9.06. The Bertz CT molecular complexity index is 1270. The fourth-order valence-corrected chi connectivity index (χ4v) is 2.89. The van der Waals surface area contributed by atoms with E-state index in [0.29, 0.717) is 11.5 Å². The number of methoxy groups -OCH3 is 1.